The molecule has 2 rings (SSSR count). The molecule has 1 saturated heterocycles. The van der Waals surface area contributed by atoms with Crippen LogP contribution in [-0.4, -0.2) is 60.9 Å². The number of carbonyl (C=O) groups is 1. The summed E-state index contributed by atoms with van der Waals surface area (Å²) in [4.78, 5) is 23.8. The SMILES string of the molecule is CCOC(=O)N1CCN(c2nccc(OC)n2)CC1. The minimum absolute atomic E-state index is 0.256. The number of ether oxygens (including phenoxy) is 2. The van der Waals surface area contributed by atoms with Crippen LogP contribution in [0.15, 0.2) is 12.3 Å². The molecule has 1 aromatic heterocycles. The lowest BCUT2D eigenvalue weighted by Gasteiger charge is -2.33. The predicted octanol–water partition coefficient (Wildman–Crippen LogP) is 0.764. The number of carbonyl (C=O) groups excluding carboxylic acids is 1. The normalized spacial score (nSPS) is 15.3. The van der Waals surface area contributed by atoms with Crippen molar-refractivity contribution in [3.05, 3.63) is 12.3 Å². The molecule has 1 amide bonds. The van der Waals surface area contributed by atoms with Crippen molar-refractivity contribution < 1.29 is 14.3 Å². The molecule has 0 unspecified atom stereocenters. The summed E-state index contributed by atoms with van der Waals surface area (Å²) in [6, 6.07) is 1.71. The van der Waals surface area contributed by atoms with Crippen molar-refractivity contribution in [1.29, 1.82) is 0 Å². The predicted molar refractivity (Wildman–Crippen MR) is 69.4 cm³/mol. The van der Waals surface area contributed by atoms with Gasteiger partial charge in [-0.15, -0.1) is 0 Å². The number of piperazine rings is 1. The third-order valence-corrected chi connectivity index (χ3v) is 2.91. The van der Waals surface area contributed by atoms with Gasteiger partial charge in [0.15, 0.2) is 0 Å². The van der Waals surface area contributed by atoms with Crippen LogP contribution < -0.4 is 9.64 Å². The van der Waals surface area contributed by atoms with E-state index < -0.39 is 0 Å². The molecule has 0 atom stereocenters. The summed E-state index contributed by atoms with van der Waals surface area (Å²) in [7, 11) is 1.57. The van der Waals surface area contributed by atoms with E-state index in [2.05, 4.69) is 9.97 Å². The van der Waals surface area contributed by atoms with E-state index in [1.807, 2.05) is 4.90 Å². The molecule has 0 spiro atoms. The van der Waals surface area contributed by atoms with Gasteiger partial charge in [-0.2, -0.15) is 4.98 Å². The maximum absolute atomic E-state index is 11.6. The van der Waals surface area contributed by atoms with E-state index >= 15 is 0 Å². The number of methoxy groups -OCH3 is 1. The van der Waals surface area contributed by atoms with Crippen molar-refractivity contribution in [2.45, 2.75) is 6.92 Å². The van der Waals surface area contributed by atoms with Crippen LogP contribution >= 0.6 is 0 Å². The van der Waals surface area contributed by atoms with Gasteiger partial charge in [0, 0.05) is 38.4 Å². The molecule has 7 heteroatoms. The number of nitrogens with zero attached hydrogens (tertiary/aromatic N) is 4. The summed E-state index contributed by atoms with van der Waals surface area (Å²) < 4.78 is 10.1. The second kappa shape index (κ2) is 6.21. The van der Waals surface area contributed by atoms with Gasteiger partial charge in [0.25, 0.3) is 0 Å². The van der Waals surface area contributed by atoms with Gasteiger partial charge >= 0.3 is 6.09 Å². The second-order valence-corrected chi connectivity index (χ2v) is 4.07. The Morgan fingerprint density at radius 1 is 1.37 bits per heavy atom. The Balaban J connectivity index is 1.94. The van der Waals surface area contributed by atoms with E-state index in [-0.39, 0.29) is 6.09 Å². The van der Waals surface area contributed by atoms with Gasteiger partial charge in [-0.1, -0.05) is 0 Å². The van der Waals surface area contributed by atoms with Gasteiger partial charge < -0.3 is 19.3 Å². The molecule has 19 heavy (non-hydrogen) atoms. The molecular formula is C12H18N4O3. The monoisotopic (exact) mass is 266 g/mol. The molecular weight excluding hydrogens is 248 g/mol. The second-order valence-electron chi connectivity index (χ2n) is 4.07. The van der Waals surface area contributed by atoms with Crippen LogP contribution in [0.2, 0.25) is 0 Å². The fourth-order valence-electron chi connectivity index (χ4n) is 1.90. The molecule has 1 aliphatic heterocycles. The minimum atomic E-state index is -0.256. The summed E-state index contributed by atoms with van der Waals surface area (Å²) in [5, 5.41) is 0. The molecule has 0 radical (unpaired) electrons. The van der Waals surface area contributed by atoms with Gasteiger partial charge in [-0.25, -0.2) is 9.78 Å². The summed E-state index contributed by atoms with van der Waals surface area (Å²) in [6.45, 7) is 4.80. The summed E-state index contributed by atoms with van der Waals surface area (Å²) >= 11 is 0. The highest BCUT2D eigenvalue weighted by molar-refractivity contribution is 5.68. The lowest BCUT2D eigenvalue weighted by Crippen LogP contribution is -2.49. The summed E-state index contributed by atoms with van der Waals surface area (Å²) in [5.74, 6) is 1.17. The zero-order valence-corrected chi connectivity index (χ0v) is 11.2. The first-order chi connectivity index (χ1) is 9.24. The van der Waals surface area contributed by atoms with E-state index in [1.54, 1.807) is 31.2 Å². The van der Waals surface area contributed by atoms with Crippen molar-refractivity contribution in [2.24, 2.45) is 0 Å². The minimum Gasteiger partial charge on any atom is -0.481 e. The zero-order chi connectivity index (χ0) is 13.7. The molecule has 1 fully saturated rings. The molecule has 0 aliphatic carbocycles. The summed E-state index contributed by atoms with van der Waals surface area (Å²) in [5.41, 5.74) is 0. The fourth-order valence-corrected chi connectivity index (χ4v) is 1.90. The maximum Gasteiger partial charge on any atom is 0.409 e. The highest BCUT2D eigenvalue weighted by Crippen LogP contribution is 2.14. The number of amides is 1. The van der Waals surface area contributed by atoms with Crippen LogP contribution in [0.3, 0.4) is 0 Å². The lowest BCUT2D eigenvalue weighted by atomic mass is 10.3. The zero-order valence-electron chi connectivity index (χ0n) is 11.2. The first-order valence-electron chi connectivity index (χ1n) is 6.28. The molecule has 2 heterocycles. The van der Waals surface area contributed by atoms with Crippen LogP contribution in [-0.2, 0) is 4.74 Å². The van der Waals surface area contributed by atoms with Crippen LogP contribution in [0.25, 0.3) is 0 Å². The Bertz CT molecular complexity index is 433. The fraction of sp³-hybridized carbons (Fsp3) is 0.583. The molecule has 0 bridgehead atoms. The smallest absolute Gasteiger partial charge is 0.409 e. The molecule has 0 N–H and O–H groups in total. The van der Waals surface area contributed by atoms with Crippen LogP contribution in [0, 0.1) is 0 Å². The molecule has 7 nitrogen and oxygen atoms in total. The summed E-state index contributed by atoms with van der Waals surface area (Å²) in [6.07, 6.45) is 1.41. The average molecular weight is 266 g/mol. The van der Waals surface area contributed by atoms with Crippen LogP contribution in [0.5, 0.6) is 5.88 Å². The molecule has 1 aliphatic rings. The molecule has 0 saturated carbocycles. The maximum atomic E-state index is 11.6. The highest BCUT2D eigenvalue weighted by atomic mass is 16.6. The van der Waals surface area contributed by atoms with Crippen molar-refractivity contribution in [3.8, 4) is 5.88 Å². The number of rotatable bonds is 3. The van der Waals surface area contributed by atoms with Gasteiger partial charge in [-0.3, -0.25) is 0 Å². The number of aromatic nitrogens is 2. The first kappa shape index (κ1) is 13.4. The van der Waals surface area contributed by atoms with E-state index in [1.165, 1.54) is 0 Å². The third-order valence-electron chi connectivity index (χ3n) is 2.91. The number of anilines is 1. The topological polar surface area (TPSA) is 67.8 Å². The quantitative estimate of drug-likeness (QED) is 0.804. The van der Waals surface area contributed by atoms with Crippen LogP contribution in [0.4, 0.5) is 10.7 Å². The van der Waals surface area contributed by atoms with E-state index in [0.717, 1.165) is 0 Å². The largest absolute Gasteiger partial charge is 0.481 e. The Morgan fingerprint density at radius 3 is 2.74 bits per heavy atom. The van der Waals surface area contributed by atoms with Gasteiger partial charge in [-0.05, 0) is 6.92 Å². The Morgan fingerprint density at radius 2 is 2.11 bits per heavy atom. The van der Waals surface area contributed by atoms with Crippen molar-refractivity contribution >= 4 is 12.0 Å². The van der Waals surface area contributed by atoms with Crippen molar-refractivity contribution in [2.75, 3.05) is 44.8 Å². The Hall–Kier alpha value is -2.05. The highest BCUT2D eigenvalue weighted by Gasteiger charge is 2.23. The van der Waals surface area contributed by atoms with E-state index in [4.69, 9.17) is 9.47 Å². The van der Waals surface area contributed by atoms with E-state index in [9.17, 15) is 4.79 Å². The van der Waals surface area contributed by atoms with E-state index in [0.29, 0.717) is 44.6 Å². The Labute approximate surface area is 112 Å². The van der Waals surface area contributed by atoms with Gasteiger partial charge in [0.2, 0.25) is 11.8 Å². The standard InChI is InChI=1S/C12H18N4O3/c1-3-19-12(17)16-8-6-15(7-9-16)11-13-5-4-10(14-11)18-2/h4-5H,3,6-9H2,1-2H3. The number of hydrogen-bond donors (Lipinski definition) is 0. The molecule has 0 aromatic carbocycles. The Kier molecular flexibility index (Phi) is 4.38. The third kappa shape index (κ3) is 3.24. The van der Waals surface area contributed by atoms with Crippen molar-refractivity contribution in [3.63, 3.8) is 0 Å². The van der Waals surface area contributed by atoms with Crippen LogP contribution in [0.1, 0.15) is 6.92 Å². The van der Waals surface area contributed by atoms with Gasteiger partial charge in [0.1, 0.15) is 0 Å². The van der Waals surface area contributed by atoms with Crippen molar-refractivity contribution in [1.82, 2.24) is 14.9 Å². The molecule has 1 aromatic rings. The molecule has 104 valence electrons. The first-order valence-corrected chi connectivity index (χ1v) is 6.28. The number of hydrogen-bond acceptors (Lipinski definition) is 6. The average Bonchev–Trinajstić information content (AvgIpc) is 2.48. The lowest BCUT2D eigenvalue weighted by molar-refractivity contribution is 0.105. The van der Waals surface area contributed by atoms with Gasteiger partial charge in [0.05, 0.1) is 13.7 Å².